The van der Waals surface area contributed by atoms with Gasteiger partial charge in [-0.25, -0.2) is 0 Å². The van der Waals surface area contributed by atoms with Gasteiger partial charge in [-0.15, -0.1) is 0 Å². The van der Waals surface area contributed by atoms with E-state index in [1.807, 2.05) is 6.92 Å². The molecule has 1 rings (SSSR count). The van der Waals surface area contributed by atoms with Crippen LogP contribution >= 0.6 is 0 Å². The highest BCUT2D eigenvalue weighted by atomic mass is 16.5. The molecule has 1 saturated heterocycles. The predicted octanol–water partition coefficient (Wildman–Crippen LogP) is 2.11. The Balaban J connectivity index is 2.16. The first-order valence-electron chi connectivity index (χ1n) is 6.12. The van der Waals surface area contributed by atoms with Crippen molar-refractivity contribution in [2.75, 3.05) is 13.1 Å². The number of carbonyl (C=O) groups is 1. The number of hydrogen-bond acceptors (Lipinski definition) is 3. The number of nitrogens with one attached hydrogen (secondary N) is 1. The van der Waals surface area contributed by atoms with E-state index < -0.39 is 0 Å². The van der Waals surface area contributed by atoms with Gasteiger partial charge < -0.3 is 10.1 Å². The molecule has 88 valence electrons. The molecular formula is C12H23NO2. The molecule has 0 radical (unpaired) electrons. The lowest BCUT2D eigenvalue weighted by Gasteiger charge is -2.22. The second kappa shape index (κ2) is 6.83. The maximum absolute atomic E-state index is 11.6. The maximum Gasteiger partial charge on any atom is 0.306 e. The fourth-order valence-corrected chi connectivity index (χ4v) is 2.06. The Morgan fingerprint density at radius 2 is 2.13 bits per heavy atom. The van der Waals surface area contributed by atoms with Crippen molar-refractivity contribution in [1.29, 1.82) is 0 Å². The molecule has 3 nitrogen and oxygen atoms in total. The molecule has 1 aliphatic heterocycles. The molecule has 3 heteroatoms. The lowest BCUT2D eigenvalue weighted by Crippen LogP contribution is -2.29. The van der Waals surface area contributed by atoms with Crippen LogP contribution < -0.4 is 5.32 Å². The zero-order valence-corrected chi connectivity index (χ0v) is 9.92. The van der Waals surface area contributed by atoms with Gasteiger partial charge in [-0.2, -0.15) is 0 Å². The summed E-state index contributed by atoms with van der Waals surface area (Å²) in [4.78, 5) is 11.6. The summed E-state index contributed by atoms with van der Waals surface area (Å²) in [6, 6.07) is 0. The monoisotopic (exact) mass is 213 g/mol. The molecule has 0 aromatic rings. The van der Waals surface area contributed by atoms with E-state index in [0.29, 0.717) is 12.3 Å². The molecule has 0 spiro atoms. The van der Waals surface area contributed by atoms with Gasteiger partial charge in [-0.1, -0.05) is 13.3 Å². The highest BCUT2D eigenvalue weighted by molar-refractivity contribution is 5.69. The summed E-state index contributed by atoms with van der Waals surface area (Å²) in [6.45, 7) is 6.17. The minimum atomic E-state index is -0.0112. The predicted molar refractivity (Wildman–Crippen MR) is 60.7 cm³/mol. The van der Waals surface area contributed by atoms with Gasteiger partial charge in [0.15, 0.2) is 0 Å². The van der Waals surface area contributed by atoms with E-state index in [2.05, 4.69) is 12.2 Å². The molecule has 1 fully saturated rings. The van der Waals surface area contributed by atoms with Gasteiger partial charge in [-0.3, -0.25) is 4.79 Å². The normalized spacial score (nSPS) is 19.9. The van der Waals surface area contributed by atoms with Crippen LogP contribution in [-0.4, -0.2) is 25.2 Å². The van der Waals surface area contributed by atoms with Crippen molar-refractivity contribution in [2.24, 2.45) is 5.92 Å². The third-order valence-corrected chi connectivity index (χ3v) is 2.94. The number of esters is 1. The lowest BCUT2D eigenvalue weighted by molar-refractivity contribution is -0.149. The summed E-state index contributed by atoms with van der Waals surface area (Å²) in [5.74, 6) is 0.524. The third-order valence-electron chi connectivity index (χ3n) is 2.94. The zero-order chi connectivity index (χ0) is 11.1. The fraction of sp³-hybridized carbons (Fsp3) is 0.917. The first kappa shape index (κ1) is 12.5. The summed E-state index contributed by atoms with van der Waals surface area (Å²) >= 11 is 0. The van der Waals surface area contributed by atoms with Crippen LogP contribution in [0.5, 0.6) is 0 Å². The molecule has 1 aliphatic rings. The van der Waals surface area contributed by atoms with Crippen LogP contribution in [0.4, 0.5) is 0 Å². The Labute approximate surface area is 92.6 Å². The van der Waals surface area contributed by atoms with Gasteiger partial charge in [0, 0.05) is 6.42 Å². The number of rotatable bonds is 5. The minimum Gasteiger partial charge on any atom is -0.463 e. The van der Waals surface area contributed by atoms with Crippen LogP contribution in [0.2, 0.25) is 0 Å². The van der Waals surface area contributed by atoms with Crippen molar-refractivity contribution in [3.63, 3.8) is 0 Å². The van der Waals surface area contributed by atoms with Gasteiger partial charge in [0.05, 0.1) is 6.10 Å². The molecule has 0 amide bonds. The number of piperidine rings is 1. The SMILES string of the molecule is CCCC(C)OC(=O)CC1CCNCC1. The van der Waals surface area contributed by atoms with E-state index in [1.54, 1.807) is 0 Å². The van der Waals surface area contributed by atoms with E-state index in [9.17, 15) is 4.79 Å². The van der Waals surface area contributed by atoms with E-state index in [1.165, 1.54) is 0 Å². The Bertz CT molecular complexity index is 188. The van der Waals surface area contributed by atoms with E-state index in [-0.39, 0.29) is 12.1 Å². The largest absolute Gasteiger partial charge is 0.463 e. The van der Waals surface area contributed by atoms with Crippen molar-refractivity contribution in [3.8, 4) is 0 Å². The fourth-order valence-electron chi connectivity index (χ4n) is 2.06. The molecule has 0 aliphatic carbocycles. The lowest BCUT2D eigenvalue weighted by atomic mass is 9.95. The Morgan fingerprint density at radius 3 is 2.73 bits per heavy atom. The smallest absolute Gasteiger partial charge is 0.306 e. The molecule has 0 aromatic carbocycles. The molecule has 0 bridgehead atoms. The Morgan fingerprint density at radius 1 is 1.47 bits per heavy atom. The first-order valence-corrected chi connectivity index (χ1v) is 6.12. The minimum absolute atomic E-state index is 0.0112. The summed E-state index contributed by atoms with van der Waals surface area (Å²) in [6.07, 6.45) is 4.95. The van der Waals surface area contributed by atoms with Gasteiger partial charge in [-0.05, 0) is 45.2 Å². The van der Waals surface area contributed by atoms with Crippen LogP contribution in [0.3, 0.4) is 0 Å². The second-order valence-electron chi connectivity index (χ2n) is 4.49. The van der Waals surface area contributed by atoms with Crippen LogP contribution in [0.25, 0.3) is 0 Å². The average molecular weight is 213 g/mol. The molecule has 15 heavy (non-hydrogen) atoms. The topological polar surface area (TPSA) is 38.3 Å². The maximum atomic E-state index is 11.6. The third kappa shape index (κ3) is 5.17. The highest BCUT2D eigenvalue weighted by Crippen LogP contribution is 2.17. The van der Waals surface area contributed by atoms with Crippen LogP contribution in [-0.2, 0) is 9.53 Å². The molecule has 1 heterocycles. The van der Waals surface area contributed by atoms with Crippen molar-refractivity contribution in [1.82, 2.24) is 5.32 Å². The summed E-state index contributed by atoms with van der Waals surface area (Å²) in [5, 5.41) is 3.30. The molecule has 1 atom stereocenters. The van der Waals surface area contributed by atoms with Crippen molar-refractivity contribution < 1.29 is 9.53 Å². The Hall–Kier alpha value is -0.570. The molecule has 1 unspecified atom stereocenters. The molecule has 0 saturated carbocycles. The van der Waals surface area contributed by atoms with Crippen molar-refractivity contribution in [2.45, 2.75) is 52.1 Å². The molecular weight excluding hydrogens is 190 g/mol. The number of ether oxygens (including phenoxy) is 1. The van der Waals surface area contributed by atoms with Crippen LogP contribution in [0.1, 0.15) is 46.0 Å². The van der Waals surface area contributed by atoms with E-state index in [0.717, 1.165) is 38.8 Å². The van der Waals surface area contributed by atoms with Crippen LogP contribution in [0.15, 0.2) is 0 Å². The number of carbonyl (C=O) groups excluding carboxylic acids is 1. The first-order chi connectivity index (χ1) is 7.22. The molecule has 1 N–H and O–H groups in total. The molecule has 0 aromatic heterocycles. The van der Waals surface area contributed by atoms with Gasteiger partial charge >= 0.3 is 5.97 Å². The standard InChI is InChI=1S/C12H23NO2/c1-3-4-10(2)15-12(14)9-11-5-7-13-8-6-11/h10-11,13H,3-9H2,1-2H3. The van der Waals surface area contributed by atoms with Gasteiger partial charge in [0.1, 0.15) is 0 Å². The highest BCUT2D eigenvalue weighted by Gasteiger charge is 2.18. The summed E-state index contributed by atoms with van der Waals surface area (Å²) < 4.78 is 5.33. The Kier molecular flexibility index (Phi) is 5.69. The van der Waals surface area contributed by atoms with Gasteiger partial charge in [0.25, 0.3) is 0 Å². The zero-order valence-electron chi connectivity index (χ0n) is 9.92. The van der Waals surface area contributed by atoms with Gasteiger partial charge in [0.2, 0.25) is 0 Å². The van der Waals surface area contributed by atoms with Crippen LogP contribution in [0, 0.1) is 5.92 Å². The number of hydrogen-bond donors (Lipinski definition) is 1. The average Bonchev–Trinajstić information content (AvgIpc) is 2.19. The summed E-state index contributed by atoms with van der Waals surface area (Å²) in [5.41, 5.74) is 0. The van der Waals surface area contributed by atoms with Crippen molar-refractivity contribution >= 4 is 5.97 Å². The quantitative estimate of drug-likeness (QED) is 0.711. The van der Waals surface area contributed by atoms with E-state index in [4.69, 9.17) is 4.74 Å². The van der Waals surface area contributed by atoms with E-state index >= 15 is 0 Å². The van der Waals surface area contributed by atoms with Crippen molar-refractivity contribution in [3.05, 3.63) is 0 Å². The second-order valence-corrected chi connectivity index (χ2v) is 4.49. The summed E-state index contributed by atoms with van der Waals surface area (Å²) in [7, 11) is 0.